The van der Waals surface area contributed by atoms with Gasteiger partial charge in [-0.3, -0.25) is 0 Å². The predicted molar refractivity (Wildman–Crippen MR) is 67.2 cm³/mol. The van der Waals surface area contributed by atoms with Crippen molar-refractivity contribution in [2.75, 3.05) is 19.6 Å². The fraction of sp³-hybridized carbons (Fsp3) is 1.00. The maximum Gasteiger partial charge on any atom is 0.0198 e. The first-order valence-corrected chi connectivity index (χ1v) is 6.42. The standard InChI is InChI=1S/C13H28N2/c1-6-15-9-7-8-12(10-15)14-11(2)13(3,4)5/h11-12,14H,6-10H2,1-5H3. The van der Waals surface area contributed by atoms with Crippen molar-refractivity contribution in [3.8, 4) is 0 Å². The number of rotatable bonds is 3. The van der Waals surface area contributed by atoms with Gasteiger partial charge in [0.1, 0.15) is 0 Å². The van der Waals surface area contributed by atoms with Crippen molar-refractivity contribution in [1.82, 2.24) is 10.2 Å². The number of likely N-dealkylation sites (N-methyl/N-ethyl adjacent to an activating group) is 1. The molecule has 15 heavy (non-hydrogen) atoms. The number of nitrogens with zero attached hydrogens (tertiary/aromatic N) is 1. The minimum Gasteiger partial charge on any atom is -0.310 e. The molecule has 1 rings (SSSR count). The molecule has 0 saturated carbocycles. The van der Waals surface area contributed by atoms with E-state index in [2.05, 4.69) is 44.8 Å². The molecular formula is C13H28N2. The summed E-state index contributed by atoms with van der Waals surface area (Å²) in [6, 6.07) is 1.30. The van der Waals surface area contributed by atoms with E-state index in [9.17, 15) is 0 Å². The van der Waals surface area contributed by atoms with E-state index in [1.54, 1.807) is 0 Å². The van der Waals surface area contributed by atoms with Crippen LogP contribution < -0.4 is 5.32 Å². The van der Waals surface area contributed by atoms with Gasteiger partial charge in [-0.1, -0.05) is 27.7 Å². The third kappa shape index (κ3) is 4.12. The molecule has 1 aliphatic heterocycles. The van der Waals surface area contributed by atoms with Crippen molar-refractivity contribution in [2.24, 2.45) is 5.41 Å². The summed E-state index contributed by atoms with van der Waals surface area (Å²) in [6.07, 6.45) is 2.69. The molecule has 2 unspecified atom stereocenters. The highest BCUT2D eigenvalue weighted by Crippen LogP contribution is 2.20. The quantitative estimate of drug-likeness (QED) is 0.773. The molecule has 2 atom stereocenters. The molecule has 0 aromatic heterocycles. The van der Waals surface area contributed by atoms with Crippen LogP contribution in [0.3, 0.4) is 0 Å². The molecule has 0 bridgehead atoms. The average molecular weight is 212 g/mol. The number of hydrogen-bond acceptors (Lipinski definition) is 2. The summed E-state index contributed by atoms with van der Waals surface area (Å²) >= 11 is 0. The van der Waals surface area contributed by atoms with E-state index in [-0.39, 0.29) is 0 Å². The molecule has 0 aromatic carbocycles. The monoisotopic (exact) mass is 212 g/mol. The fourth-order valence-corrected chi connectivity index (χ4v) is 2.08. The Morgan fingerprint density at radius 3 is 2.60 bits per heavy atom. The molecule has 1 aliphatic rings. The second-order valence-electron chi connectivity index (χ2n) is 5.99. The predicted octanol–water partition coefficient (Wildman–Crippen LogP) is 2.49. The molecule has 2 nitrogen and oxygen atoms in total. The maximum atomic E-state index is 3.78. The summed E-state index contributed by atoms with van der Waals surface area (Å²) < 4.78 is 0. The highest BCUT2D eigenvalue weighted by molar-refractivity contribution is 4.84. The summed E-state index contributed by atoms with van der Waals surface area (Å²) in [7, 11) is 0. The lowest BCUT2D eigenvalue weighted by Gasteiger charge is -2.37. The van der Waals surface area contributed by atoms with Crippen LogP contribution in [0.5, 0.6) is 0 Å². The van der Waals surface area contributed by atoms with Crippen molar-refractivity contribution >= 4 is 0 Å². The lowest BCUT2D eigenvalue weighted by molar-refractivity contribution is 0.168. The fourth-order valence-electron chi connectivity index (χ4n) is 2.08. The van der Waals surface area contributed by atoms with Gasteiger partial charge < -0.3 is 10.2 Å². The molecule has 0 radical (unpaired) electrons. The van der Waals surface area contributed by atoms with E-state index >= 15 is 0 Å². The Morgan fingerprint density at radius 2 is 2.07 bits per heavy atom. The van der Waals surface area contributed by atoms with Crippen LogP contribution in [0.4, 0.5) is 0 Å². The zero-order valence-electron chi connectivity index (χ0n) is 11.1. The summed E-state index contributed by atoms with van der Waals surface area (Å²) in [6.45, 7) is 15.2. The highest BCUT2D eigenvalue weighted by Gasteiger charge is 2.25. The Kier molecular flexibility index (Phi) is 4.60. The average Bonchev–Trinajstić information content (AvgIpc) is 2.16. The number of hydrogen-bond donors (Lipinski definition) is 1. The van der Waals surface area contributed by atoms with E-state index in [0.29, 0.717) is 17.5 Å². The van der Waals surface area contributed by atoms with Crippen LogP contribution >= 0.6 is 0 Å². The van der Waals surface area contributed by atoms with Crippen molar-refractivity contribution in [1.29, 1.82) is 0 Å². The molecule has 1 heterocycles. The van der Waals surface area contributed by atoms with Crippen LogP contribution in [0.2, 0.25) is 0 Å². The molecule has 0 aromatic rings. The van der Waals surface area contributed by atoms with Crippen LogP contribution in [0, 0.1) is 5.41 Å². The molecule has 0 spiro atoms. The molecule has 1 fully saturated rings. The van der Waals surface area contributed by atoms with E-state index in [4.69, 9.17) is 0 Å². The largest absolute Gasteiger partial charge is 0.310 e. The number of likely N-dealkylation sites (tertiary alicyclic amines) is 1. The second-order valence-corrected chi connectivity index (χ2v) is 5.99. The lowest BCUT2D eigenvalue weighted by Crippen LogP contribution is -2.51. The molecule has 0 aliphatic carbocycles. The normalized spacial score (nSPS) is 26.6. The van der Waals surface area contributed by atoms with Gasteiger partial charge in [0.2, 0.25) is 0 Å². The lowest BCUT2D eigenvalue weighted by atomic mass is 9.87. The smallest absolute Gasteiger partial charge is 0.0198 e. The van der Waals surface area contributed by atoms with Gasteiger partial charge in [0.25, 0.3) is 0 Å². The van der Waals surface area contributed by atoms with E-state index in [0.717, 1.165) is 0 Å². The first-order valence-electron chi connectivity index (χ1n) is 6.42. The van der Waals surface area contributed by atoms with Crippen LogP contribution in [0.15, 0.2) is 0 Å². The van der Waals surface area contributed by atoms with E-state index in [1.165, 1.54) is 32.5 Å². The second kappa shape index (κ2) is 5.31. The highest BCUT2D eigenvalue weighted by atomic mass is 15.2. The molecule has 1 saturated heterocycles. The minimum atomic E-state index is 0.370. The topological polar surface area (TPSA) is 15.3 Å². The van der Waals surface area contributed by atoms with Crippen molar-refractivity contribution in [3.63, 3.8) is 0 Å². The Bertz CT molecular complexity index is 183. The Morgan fingerprint density at radius 1 is 1.40 bits per heavy atom. The van der Waals surface area contributed by atoms with Crippen LogP contribution in [0.1, 0.15) is 47.5 Å². The van der Waals surface area contributed by atoms with Gasteiger partial charge in [-0.2, -0.15) is 0 Å². The maximum absolute atomic E-state index is 3.78. The third-order valence-electron chi connectivity index (χ3n) is 3.74. The summed E-state index contributed by atoms with van der Waals surface area (Å²) in [5, 5.41) is 3.78. The Hall–Kier alpha value is -0.0800. The zero-order chi connectivity index (χ0) is 11.5. The molecule has 2 heteroatoms. The minimum absolute atomic E-state index is 0.370. The van der Waals surface area contributed by atoms with Gasteiger partial charge in [0.05, 0.1) is 0 Å². The summed E-state index contributed by atoms with van der Waals surface area (Å²) in [4.78, 5) is 2.55. The van der Waals surface area contributed by atoms with Gasteiger partial charge >= 0.3 is 0 Å². The zero-order valence-corrected chi connectivity index (χ0v) is 11.1. The van der Waals surface area contributed by atoms with Crippen LogP contribution in [0.25, 0.3) is 0 Å². The van der Waals surface area contributed by atoms with Gasteiger partial charge in [0.15, 0.2) is 0 Å². The first-order chi connectivity index (χ1) is 6.93. The third-order valence-corrected chi connectivity index (χ3v) is 3.74. The van der Waals surface area contributed by atoms with Crippen molar-refractivity contribution < 1.29 is 0 Å². The van der Waals surface area contributed by atoms with Gasteiger partial charge in [-0.15, -0.1) is 0 Å². The SMILES string of the molecule is CCN1CCCC(NC(C)C(C)(C)C)C1. The molecular weight excluding hydrogens is 184 g/mol. The van der Waals surface area contributed by atoms with E-state index in [1.807, 2.05) is 0 Å². The number of piperidine rings is 1. The summed E-state index contributed by atoms with van der Waals surface area (Å²) in [5.41, 5.74) is 0.370. The van der Waals surface area contributed by atoms with Crippen molar-refractivity contribution in [3.05, 3.63) is 0 Å². The van der Waals surface area contributed by atoms with Gasteiger partial charge in [-0.25, -0.2) is 0 Å². The van der Waals surface area contributed by atoms with Crippen molar-refractivity contribution in [2.45, 2.75) is 59.5 Å². The molecule has 0 amide bonds. The summed E-state index contributed by atoms with van der Waals surface area (Å²) in [5.74, 6) is 0. The Balaban J connectivity index is 2.38. The van der Waals surface area contributed by atoms with E-state index < -0.39 is 0 Å². The van der Waals surface area contributed by atoms with Crippen LogP contribution in [-0.2, 0) is 0 Å². The van der Waals surface area contributed by atoms with Gasteiger partial charge in [-0.05, 0) is 38.3 Å². The molecule has 90 valence electrons. The Labute approximate surface area is 95.4 Å². The number of nitrogens with one attached hydrogen (secondary N) is 1. The molecule has 1 N–H and O–H groups in total. The van der Waals surface area contributed by atoms with Crippen LogP contribution in [-0.4, -0.2) is 36.6 Å². The first kappa shape index (κ1) is 13.0. The van der Waals surface area contributed by atoms with Gasteiger partial charge in [0, 0.05) is 18.6 Å².